The number of aromatic nitrogens is 2. The number of furan rings is 1. The minimum Gasteiger partial charge on any atom is -0.461 e. The molecule has 1 amide bonds. The lowest BCUT2D eigenvalue weighted by atomic mass is 10.1. The van der Waals surface area contributed by atoms with Crippen molar-refractivity contribution in [3.63, 3.8) is 0 Å². The van der Waals surface area contributed by atoms with E-state index in [1.165, 1.54) is 5.69 Å². The van der Waals surface area contributed by atoms with Crippen molar-refractivity contribution in [2.75, 3.05) is 6.54 Å². The first-order chi connectivity index (χ1) is 11.1. The molecule has 0 bridgehead atoms. The van der Waals surface area contributed by atoms with Crippen LogP contribution in [0.5, 0.6) is 0 Å². The molecule has 5 nitrogen and oxygen atoms in total. The molecule has 23 heavy (non-hydrogen) atoms. The highest BCUT2D eigenvalue weighted by atomic mass is 16.3. The van der Waals surface area contributed by atoms with Crippen molar-refractivity contribution >= 4 is 16.9 Å². The Morgan fingerprint density at radius 3 is 3.00 bits per heavy atom. The van der Waals surface area contributed by atoms with Crippen molar-refractivity contribution < 1.29 is 9.21 Å². The zero-order valence-corrected chi connectivity index (χ0v) is 13.4. The van der Waals surface area contributed by atoms with Crippen LogP contribution in [0.1, 0.15) is 33.8 Å². The summed E-state index contributed by atoms with van der Waals surface area (Å²) >= 11 is 0. The maximum Gasteiger partial charge on any atom is 0.258 e. The molecule has 0 spiro atoms. The summed E-state index contributed by atoms with van der Waals surface area (Å²) in [5, 5.41) is 5.22. The molecule has 2 aromatic heterocycles. The summed E-state index contributed by atoms with van der Waals surface area (Å²) in [6, 6.07) is 7.72. The van der Waals surface area contributed by atoms with Gasteiger partial charge in [0.25, 0.3) is 5.91 Å². The minimum absolute atomic E-state index is 0.0455. The first-order valence-electron chi connectivity index (χ1n) is 7.92. The molecule has 3 heterocycles. The molecule has 118 valence electrons. The maximum absolute atomic E-state index is 13.1. The molecule has 0 N–H and O–H groups in total. The van der Waals surface area contributed by atoms with Crippen LogP contribution in [0, 0.1) is 6.92 Å². The quantitative estimate of drug-likeness (QED) is 0.694. The third kappa shape index (κ3) is 2.23. The van der Waals surface area contributed by atoms with E-state index in [1.807, 2.05) is 54.0 Å². The van der Waals surface area contributed by atoms with E-state index in [4.69, 9.17) is 4.42 Å². The number of hydrogen-bond donors (Lipinski definition) is 0. The molecule has 5 heteroatoms. The Bertz CT molecular complexity index is 891. The number of carbonyl (C=O) groups excluding carboxylic acids is 1. The molecule has 0 radical (unpaired) electrons. The SMILES string of the molecule is Cc1oc2ccccc2c1C(=O)N1CCCc2c(cnn2C)C1. The largest absolute Gasteiger partial charge is 0.461 e. The standard InChI is InChI=1S/C18H19N3O2/c1-12-17(14-6-3-4-8-16(14)23-12)18(22)21-9-5-7-15-13(11-21)10-19-20(15)2/h3-4,6,8,10H,5,7,9,11H2,1-2H3. The third-order valence-corrected chi connectivity index (χ3v) is 4.62. The summed E-state index contributed by atoms with van der Waals surface area (Å²) < 4.78 is 7.67. The monoisotopic (exact) mass is 309 g/mol. The van der Waals surface area contributed by atoms with Gasteiger partial charge in [0, 0.05) is 36.8 Å². The molecule has 0 aliphatic carbocycles. The smallest absolute Gasteiger partial charge is 0.258 e. The minimum atomic E-state index is 0.0455. The third-order valence-electron chi connectivity index (χ3n) is 4.62. The van der Waals surface area contributed by atoms with E-state index in [2.05, 4.69) is 5.10 Å². The van der Waals surface area contributed by atoms with Crippen LogP contribution < -0.4 is 0 Å². The van der Waals surface area contributed by atoms with Gasteiger partial charge >= 0.3 is 0 Å². The molecule has 0 saturated heterocycles. The Morgan fingerprint density at radius 1 is 1.30 bits per heavy atom. The van der Waals surface area contributed by atoms with E-state index in [9.17, 15) is 4.79 Å². The molecule has 0 unspecified atom stereocenters. The summed E-state index contributed by atoms with van der Waals surface area (Å²) in [6.07, 6.45) is 3.79. The lowest BCUT2D eigenvalue weighted by Gasteiger charge is -2.20. The van der Waals surface area contributed by atoms with Gasteiger partial charge in [-0.25, -0.2) is 0 Å². The van der Waals surface area contributed by atoms with Crippen molar-refractivity contribution in [3.8, 4) is 0 Å². The van der Waals surface area contributed by atoms with Crippen LogP contribution in [-0.2, 0) is 20.0 Å². The van der Waals surface area contributed by atoms with Gasteiger partial charge in [-0.1, -0.05) is 18.2 Å². The molecule has 1 aromatic carbocycles. The van der Waals surface area contributed by atoms with Crippen LogP contribution >= 0.6 is 0 Å². The number of amides is 1. The average molecular weight is 309 g/mol. The second-order valence-corrected chi connectivity index (χ2v) is 6.10. The summed E-state index contributed by atoms with van der Waals surface area (Å²) in [7, 11) is 1.96. The average Bonchev–Trinajstić information content (AvgIpc) is 2.96. The van der Waals surface area contributed by atoms with E-state index in [1.54, 1.807) is 0 Å². The van der Waals surface area contributed by atoms with Gasteiger partial charge in [0.15, 0.2) is 0 Å². The van der Waals surface area contributed by atoms with Crippen LogP contribution in [0.2, 0.25) is 0 Å². The van der Waals surface area contributed by atoms with E-state index in [-0.39, 0.29) is 5.91 Å². The number of hydrogen-bond acceptors (Lipinski definition) is 3. The lowest BCUT2D eigenvalue weighted by Crippen LogP contribution is -2.30. The van der Waals surface area contributed by atoms with Crippen molar-refractivity contribution in [2.24, 2.45) is 7.05 Å². The van der Waals surface area contributed by atoms with Gasteiger partial charge in [0.05, 0.1) is 11.8 Å². The molecular formula is C18H19N3O2. The molecule has 0 fully saturated rings. The topological polar surface area (TPSA) is 51.3 Å². The molecule has 0 atom stereocenters. The lowest BCUT2D eigenvalue weighted by molar-refractivity contribution is 0.0746. The van der Waals surface area contributed by atoms with Crippen molar-refractivity contribution in [1.82, 2.24) is 14.7 Å². The summed E-state index contributed by atoms with van der Waals surface area (Å²) in [6.45, 7) is 3.23. The first kappa shape index (κ1) is 14.1. The van der Waals surface area contributed by atoms with Crippen molar-refractivity contribution in [2.45, 2.75) is 26.3 Å². The Balaban J connectivity index is 1.72. The van der Waals surface area contributed by atoms with Crippen LogP contribution in [0.3, 0.4) is 0 Å². The van der Waals surface area contributed by atoms with Crippen molar-refractivity contribution in [1.29, 1.82) is 0 Å². The Labute approximate surface area is 134 Å². The van der Waals surface area contributed by atoms with E-state index < -0.39 is 0 Å². The highest BCUT2D eigenvalue weighted by Gasteiger charge is 2.26. The fourth-order valence-electron chi connectivity index (χ4n) is 3.45. The molecule has 1 aliphatic rings. The van der Waals surface area contributed by atoms with Crippen LogP contribution in [-0.4, -0.2) is 27.1 Å². The summed E-state index contributed by atoms with van der Waals surface area (Å²) in [4.78, 5) is 15.0. The molecular weight excluding hydrogens is 290 g/mol. The number of fused-ring (bicyclic) bond motifs is 2. The number of carbonyl (C=O) groups is 1. The summed E-state index contributed by atoms with van der Waals surface area (Å²) in [5.74, 6) is 0.732. The van der Waals surface area contributed by atoms with E-state index in [0.29, 0.717) is 17.9 Å². The molecule has 4 rings (SSSR count). The Hall–Kier alpha value is -2.56. The van der Waals surface area contributed by atoms with Crippen LogP contribution in [0.15, 0.2) is 34.9 Å². The Morgan fingerprint density at radius 2 is 2.13 bits per heavy atom. The first-order valence-corrected chi connectivity index (χ1v) is 7.92. The zero-order valence-electron chi connectivity index (χ0n) is 13.4. The van der Waals surface area contributed by atoms with Gasteiger partial charge in [-0.05, 0) is 25.8 Å². The fraction of sp³-hybridized carbons (Fsp3) is 0.333. The molecule has 1 aliphatic heterocycles. The van der Waals surface area contributed by atoms with Gasteiger partial charge in [-0.15, -0.1) is 0 Å². The van der Waals surface area contributed by atoms with Crippen LogP contribution in [0.25, 0.3) is 11.0 Å². The number of nitrogens with zero attached hydrogens (tertiary/aromatic N) is 3. The normalized spacial score (nSPS) is 14.8. The number of aryl methyl sites for hydroxylation is 2. The summed E-state index contributed by atoms with van der Waals surface area (Å²) in [5.41, 5.74) is 3.83. The van der Waals surface area contributed by atoms with E-state index >= 15 is 0 Å². The number of para-hydroxylation sites is 1. The fourth-order valence-corrected chi connectivity index (χ4v) is 3.45. The van der Waals surface area contributed by atoms with Gasteiger partial charge in [0.2, 0.25) is 0 Å². The Kier molecular flexibility index (Phi) is 3.22. The van der Waals surface area contributed by atoms with Gasteiger partial charge < -0.3 is 9.32 Å². The second-order valence-electron chi connectivity index (χ2n) is 6.10. The highest BCUT2D eigenvalue weighted by Crippen LogP contribution is 2.28. The number of benzene rings is 1. The molecule has 0 saturated carbocycles. The highest BCUT2D eigenvalue weighted by molar-refractivity contribution is 6.07. The molecule has 3 aromatic rings. The maximum atomic E-state index is 13.1. The van der Waals surface area contributed by atoms with Crippen LogP contribution in [0.4, 0.5) is 0 Å². The predicted molar refractivity (Wildman–Crippen MR) is 87.2 cm³/mol. The van der Waals surface area contributed by atoms with E-state index in [0.717, 1.165) is 35.9 Å². The zero-order chi connectivity index (χ0) is 16.0. The number of rotatable bonds is 1. The predicted octanol–water partition coefficient (Wildman–Crippen LogP) is 3.06. The van der Waals surface area contributed by atoms with Gasteiger partial charge in [-0.3, -0.25) is 9.48 Å². The van der Waals surface area contributed by atoms with Crippen molar-refractivity contribution in [3.05, 3.63) is 53.0 Å². The van der Waals surface area contributed by atoms with Gasteiger partial charge in [-0.2, -0.15) is 5.10 Å². The second kappa shape index (κ2) is 5.26. The van der Waals surface area contributed by atoms with Gasteiger partial charge in [0.1, 0.15) is 11.3 Å².